The molecular formula is C14H22N2O3S. The molecule has 1 amide bonds. The van der Waals surface area contributed by atoms with Crippen LogP contribution in [0.5, 0.6) is 0 Å². The summed E-state index contributed by atoms with van der Waals surface area (Å²) in [4.78, 5) is 11.8. The highest BCUT2D eigenvalue weighted by Crippen LogP contribution is 2.22. The van der Waals surface area contributed by atoms with Crippen molar-refractivity contribution in [1.82, 2.24) is 10.0 Å². The molecule has 112 valence electrons. The topological polar surface area (TPSA) is 75.3 Å². The number of sulfonamides is 1. The minimum absolute atomic E-state index is 0.0500. The van der Waals surface area contributed by atoms with E-state index in [1.165, 1.54) is 0 Å². The molecule has 1 aromatic carbocycles. The number of amides is 1. The maximum atomic E-state index is 11.8. The maximum absolute atomic E-state index is 11.8. The highest BCUT2D eigenvalue weighted by Gasteiger charge is 2.14. The molecule has 6 heteroatoms. The molecule has 0 fully saturated rings. The molecule has 0 aliphatic carbocycles. The Hall–Kier alpha value is -1.40. The normalized spacial score (nSPS) is 12.2. The molecule has 1 rings (SSSR count). The van der Waals surface area contributed by atoms with Crippen molar-refractivity contribution in [3.63, 3.8) is 0 Å². The Balaban J connectivity index is 2.52. The lowest BCUT2D eigenvalue weighted by atomic mass is 9.87. The molecule has 0 bridgehead atoms. The van der Waals surface area contributed by atoms with Crippen molar-refractivity contribution < 1.29 is 13.2 Å². The van der Waals surface area contributed by atoms with E-state index in [1.54, 1.807) is 12.1 Å². The Morgan fingerprint density at radius 3 is 2.10 bits per heavy atom. The molecule has 0 saturated heterocycles. The highest BCUT2D eigenvalue weighted by atomic mass is 32.2. The zero-order valence-electron chi connectivity index (χ0n) is 12.4. The van der Waals surface area contributed by atoms with Crippen LogP contribution < -0.4 is 10.0 Å². The predicted octanol–water partition coefficient (Wildman–Crippen LogP) is 1.26. The van der Waals surface area contributed by atoms with Crippen LogP contribution in [0.4, 0.5) is 0 Å². The van der Waals surface area contributed by atoms with E-state index in [4.69, 9.17) is 0 Å². The van der Waals surface area contributed by atoms with Gasteiger partial charge in [0.15, 0.2) is 0 Å². The van der Waals surface area contributed by atoms with Gasteiger partial charge in [-0.15, -0.1) is 0 Å². The summed E-state index contributed by atoms with van der Waals surface area (Å²) in [5.74, 6) is -0.208. The van der Waals surface area contributed by atoms with Crippen LogP contribution in [0.2, 0.25) is 0 Å². The number of benzene rings is 1. The summed E-state index contributed by atoms with van der Waals surface area (Å²) >= 11 is 0. The van der Waals surface area contributed by atoms with Gasteiger partial charge in [0.1, 0.15) is 0 Å². The SMILES string of the molecule is CC(C)(C)c1ccc(C(=O)NCCNS(C)(=O)=O)cc1. The highest BCUT2D eigenvalue weighted by molar-refractivity contribution is 7.88. The van der Waals surface area contributed by atoms with E-state index in [0.29, 0.717) is 5.56 Å². The van der Waals surface area contributed by atoms with E-state index < -0.39 is 10.0 Å². The lowest BCUT2D eigenvalue weighted by molar-refractivity contribution is 0.0954. The third-order valence-corrected chi connectivity index (χ3v) is 3.52. The first-order chi connectivity index (χ1) is 9.09. The van der Waals surface area contributed by atoms with Crippen LogP contribution in [0.25, 0.3) is 0 Å². The van der Waals surface area contributed by atoms with Gasteiger partial charge in [-0.1, -0.05) is 32.9 Å². The zero-order valence-corrected chi connectivity index (χ0v) is 13.2. The fraction of sp³-hybridized carbons (Fsp3) is 0.500. The van der Waals surface area contributed by atoms with Gasteiger partial charge >= 0.3 is 0 Å². The first-order valence-corrected chi connectivity index (χ1v) is 8.32. The van der Waals surface area contributed by atoms with Gasteiger partial charge < -0.3 is 5.32 Å². The second kappa shape index (κ2) is 6.37. The summed E-state index contributed by atoms with van der Waals surface area (Å²) in [6.07, 6.45) is 1.08. The van der Waals surface area contributed by atoms with Crippen molar-refractivity contribution >= 4 is 15.9 Å². The summed E-state index contributed by atoms with van der Waals surface area (Å²) in [7, 11) is -3.21. The number of carbonyl (C=O) groups is 1. The zero-order chi connectivity index (χ0) is 15.4. The van der Waals surface area contributed by atoms with Crippen molar-refractivity contribution in [2.24, 2.45) is 0 Å². The smallest absolute Gasteiger partial charge is 0.251 e. The van der Waals surface area contributed by atoms with E-state index in [0.717, 1.165) is 11.8 Å². The second-order valence-electron chi connectivity index (χ2n) is 5.75. The molecule has 5 nitrogen and oxygen atoms in total. The Morgan fingerprint density at radius 1 is 1.10 bits per heavy atom. The number of hydrogen-bond acceptors (Lipinski definition) is 3. The van der Waals surface area contributed by atoms with E-state index >= 15 is 0 Å². The average Bonchev–Trinajstić information content (AvgIpc) is 2.32. The molecule has 0 atom stereocenters. The molecule has 0 aromatic heterocycles. The minimum atomic E-state index is -3.21. The molecule has 1 aromatic rings. The van der Waals surface area contributed by atoms with Crippen molar-refractivity contribution in [1.29, 1.82) is 0 Å². The van der Waals surface area contributed by atoms with Crippen molar-refractivity contribution in [2.45, 2.75) is 26.2 Å². The monoisotopic (exact) mass is 298 g/mol. The Bertz CT molecular complexity index is 557. The average molecular weight is 298 g/mol. The summed E-state index contributed by atoms with van der Waals surface area (Å²) in [6, 6.07) is 7.42. The largest absolute Gasteiger partial charge is 0.351 e. The van der Waals surface area contributed by atoms with Gasteiger partial charge in [-0.05, 0) is 23.1 Å². The lowest BCUT2D eigenvalue weighted by Gasteiger charge is -2.19. The summed E-state index contributed by atoms with van der Waals surface area (Å²) in [5, 5.41) is 2.66. The Labute approximate surface area is 120 Å². The Kier molecular flexibility index (Phi) is 5.30. The first kappa shape index (κ1) is 16.7. The van der Waals surface area contributed by atoms with Crippen LogP contribution in [-0.2, 0) is 15.4 Å². The second-order valence-corrected chi connectivity index (χ2v) is 7.58. The molecular weight excluding hydrogens is 276 g/mol. The fourth-order valence-electron chi connectivity index (χ4n) is 1.64. The summed E-state index contributed by atoms with van der Waals surface area (Å²) in [6.45, 7) is 6.77. The summed E-state index contributed by atoms with van der Waals surface area (Å²) < 4.78 is 24.0. The first-order valence-electron chi connectivity index (χ1n) is 6.43. The fourth-order valence-corrected chi connectivity index (χ4v) is 2.11. The van der Waals surface area contributed by atoms with Crippen LogP contribution in [0, 0.1) is 0 Å². The number of nitrogens with one attached hydrogen (secondary N) is 2. The van der Waals surface area contributed by atoms with Crippen molar-refractivity contribution in [3.05, 3.63) is 35.4 Å². The molecule has 0 radical (unpaired) electrons. The number of rotatable bonds is 5. The van der Waals surface area contributed by atoms with Gasteiger partial charge in [-0.2, -0.15) is 0 Å². The third kappa shape index (κ3) is 5.71. The molecule has 20 heavy (non-hydrogen) atoms. The molecule has 0 aliphatic rings. The molecule has 0 aliphatic heterocycles. The molecule has 0 heterocycles. The third-order valence-electron chi connectivity index (χ3n) is 2.79. The van der Waals surface area contributed by atoms with Gasteiger partial charge in [0.05, 0.1) is 6.26 Å². The Morgan fingerprint density at radius 2 is 1.65 bits per heavy atom. The van der Waals surface area contributed by atoms with Gasteiger partial charge in [-0.3, -0.25) is 4.79 Å². The molecule has 0 spiro atoms. The van der Waals surface area contributed by atoms with Gasteiger partial charge in [0, 0.05) is 18.7 Å². The number of hydrogen-bond donors (Lipinski definition) is 2. The van der Waals surface area contributed by atoms with Crippen LogP contribution in [0.1, 0.15) is 36.7 Å². The van der Waals surface area contributed by atoms with Gasteiger partial charge in [0.2, 0.25) is 10.0 Å². The van der Waals surface area contributed by atoms with Crippen molar-refractivity contribution in [3.8, 4) is 0 Å². The molecule has 0 saturated carbocycles. The van der Waals surface area contributed by atoms with Crippen molar-refractivity contribution in [2.75, 3.05) is 19.3 Å². The van der Waals surface area contributed by atoms with E-state index in [1.807, 2.05) is 12.1 Å². The minimum Gasteiger partial charge on any atom is -0.351 e. The van der Waals surface area contributed by atoms with Crippen LogP contribution in [0.15, 0.2) is 24.3 Å². The van der Waals surface area contributed by atoms with Gasteiger partial charge in [-0.25, -0.2) is 13.1 Å². The number of carbonyl (C=O) groups excluding carboxylic acids is 1. The van der Waals surface area contributed by atoms with E-state index in [-0.39, 0.29) is 24.4 Å². The summed E-state index contributed by atoms with van der Waals surface area (Å²) in [5.41, 5.74) is 1.78. The predicted molar refractivity (Wildman–Crippen MR) is 80.3 cm³/mol. The quantitative estimate of drug-likeness (QED) is 0.804. The molecule has 0 unspecified atom stereocenters. The lowest BCUT2D eigenvalue weighted by Crippen LogP contribution is -2.34. The standard InChI is InChI=1S/C14H22N2O3S/c1-14(2,3)12-7-5-11(6-8-12)13(17)15-9-10-16-20(4,18)19/h5-8,16H,9-10H2,1-4H3,(H,15,17). The van der Waals surface area contributed by atoms with E-state index in [9.17, 15) is 13.2 Å². The van der Waals surface area contributed by atoms with Crippen LogP contribution >= 0.6 is 0 Å². The van der Waals surface area contributed by atoms with Gasteiger partial charge in [0.25, 0.3) is 5.91 Å². The molecule has 2 N–H and O–H groups in total. The maximum Gasteiger partial charge on any atom is 0.251 e. The van der Waals surface area contributed by atoms with Crippen LogP contribution in [0.3, 0.4) is 0 Å². The van der Waals surface area contributed by atoms with Crippen LogP contribution in [-0.4, -0.2) is 33.7 Å². The van der Waals surface area contributed by atoms with E-state index in [2.05, 4.69) is 30.8 Å².